The lowest BCUT2D eigenvalue weighted by molar-refractivity contribution is 0.101. The summed E-state index contributed by atoms with van der Waals surface area (Å²) < 4.78 is 6.38. The maximum absolute atomic E-state index is 11.5. The fraction of sp³-hybridized carbons (Fsp3) is 0.500. The Morgan fingerprint density at radius 3 is 2.83 bits per heavy atom. The van der Waals surface area contributed by atoms with Crippen LogP contribution in [0.4, 0.5) is 0 Å². The second-order valence-electron chi connectivity index (χ2n) is 4.15. The molecule has 1 aromatic rings. The first-order chi connectivity index (χ1) is 8.65. The molecule has 0 atom stereocenters. The molecule has 0 aromatic heterocycles. The number of ketones is 1. The van der Waals surface area contributed by atoms with E-state index in [9.17, 15) is 4.79 Å². The highest BCUT2D eigenvalue weighted by Crippen LogP contribution is 2.17. The smallest absolute Gasteiger partial charge is 0.160 e. The number of Topliss-reactive ketones (excluding diaryl/α,β-unsaturated/α-hetero) is 1. The Balaban J connectivity index is 2.45. The number of carbonyl (C=O) groups excluding carboxylic acids is 1. The molecule has 100 valence electrons. The molecule has 0 aliphatic rings. The van der Waals surface area contributed by atoms with Gasteiger partial charge in [0.25, 0.3) is 0 Å². The molecular weight excluding hydrogens is 294 g/mol. The molecule has 18 heavy (non-hydrogen) atoms. The summed E-state index contributed by atoms with van der Waals surface area (Å²) in [5, 5.41) is 3.29. The lowest BCUT2D eigenvalue weighted by atomic mass is 10.0. The highest BCUT2D eigenvalue weighted by Gasteiger charge is 2.07. The first-order valence-electron chi connectivity index (χ1n) is 6.23. The Kier molecular flexibility index (Phi) is 7.16. The normalized spacial score (nSPS) is 10.6. The van der Waals surface area contributed by atoms with Crippen molar-refractivity contribution >= 4 is 21.7 Å². The number of carbonyl (C=O) groups is 1. The minimum Gasteiger partial charge on any atom is -0.380 e. The zero-order valence-corrected chi connectivity index (χ0v) is 12.5. The average Bonchev–Trinajstić information content (AvgIpc) is 2.33. The van der Waals surface area contributed by atoms with Gasteiger partial charge in [-0.2, -0.15) is 0 Å². The highest BCUT2D eigenvalue weighted by molar-refractivity contribution is 9.10. The lowest BCUT2D eigenvalue weighted by Crippen LogP contribution is -2.20. The van der Waals surface area contributed by atoms with Crippen LogP contribution in [0.25, 0.3) is 0 Å². The van der Waals surface area contributed by atoms with Gasteiger partial charge in [0.1, 0.15) is 0 Å². The molecule has 0 saturated carbocycles. The van der Waals surface area contributed by atoms with Crippen LogP contribution in [-0.2, 0) is 11.3 Å². The van der Waals surface area contributed by atoms with Gasteiger partial charge in [0.2, 0.25) is 0 Å². The first-order valence-corrected chi connectivity index (χ1v) is 7.02. The molecule has 0 amide bonds. The summed E-state index contributed by atoms with van der Waals surface area (Å²) in [6.45, 7) is 6.67. The SMILES string of the molecule is CCCOCCNCc1cc(Br)ccc1C(C)=O. The molecule has 0 spiro atoms. The Bertz CT molecular complexity index is 393. The van der Waals surface area contributed by atoms with Crippen molar-refractivity contribution in [3.05, 3.63) is 33.8 Å². The molecule has 4 heteroatoms. The molecule has 0 unspecified atom stereocenters. The van der Waals surface area contributed by atoms with Gasteiger partial charge >= 0.3 is 0 Å². The zero-order chi connectivity index (χ0) is 13.4. The summed E-state index contributed by atoms with van der Waals surface area (Å²) in [5.41, 5.74) is 1.80. The van der Waals surface area contributed by atoms with Crippen LogP contribution in [0.3, 0.4) is 0 Å². The molecule has 0 bridgehead atoms. The van der Waals surface area contributed by atoms with E-state index < -0.39 is 0 Å². The van der Waals surface area contributed by atoms with E-state index in [0.29, 0.717) is 13.2 Å². The summed E-state index contributed by atoms with van der Waals surface area (Å²) >= 11 is 3.42. The first kappa shape index (κ1) is 15.3. The Morgan fingerprint density at radius 2 is 2.17 bits per heavy atom. The standard InChI is InChI=1S/C14H20BrNO2/c1-3-7-18-8-6-16-10-12-9-13(15)4-5-14(12)11(2)17/h4-5,9,16H,3,6-8,10H2,1-2H3. The molecule has 0 radical (unpaired) electrons. The third kappa shape index (κ3) is 5.29. The summed E-state index contributed by atoms with van der Waals surface area (Å²) in [6.07, 6.45) is 1.04. The van der Waals surface area contributed by atoms with Crippen LogP contribution in [0.2, 0.25) is 0 Å². The molecule has 0 aliphatic carbocycles. The Hall–Kier alpha value is -0.710. The molecule has 0 heterocycles. The number of ether oxygens (including phenoxy) is 1. The minimum atomic E-state index is 0.0986. The Morgan fingerprint density at radius 1 is 1.39 bits per heavy atom. The van der Waals surface area contributed by atoms with Crippen LogP contribution < -0.4 is 5.32 Å². The Labute approximate surface area is 117 Å². The highest BCUT2D eigenvalue weighted by atomic mass is 79.9. The number of nitrogens with one attached hydrogen (secondary N) is 1. The van der Waals surface area contributed by atoms with Crippen molar-refractivity contribution in [1.29, 1.82) is 0 Å². The number of rotatable bonds is 8. The number of hydrogen-bond donors (Lipinski definition) is 1. The van der Waals surface area contributed by atoms with E-state index in [1.54, 1.807) is 6.92 Å². The van der Waals surface area contributed by atoms with Gasteiger partial charge in [-0.3, -0.25) is 4.79 Å². The van der Waals surface area contributed by atoms with E-state index >= 15 is 0 Å². The number of benzene rings is 1. The van der Waals surface area contributed by atoms with Crippen LogP contribution >= 0.6 is 15.9 Å². The zero-order valence-electron chi connectivity index (χ0n) is 11.0. The number of halogens is 1. The van der Waals surface area contributed by atoms with E-state index in [2.05, 4.69) is 28.2 Å². The van der Waals surface area contributed by atoms with Crippen molar-refractivity contribution in [3.63, 3.8) is 0 Å². The summed E-state index contributed by atoms with van der Waals surface area (Å²) in [6, 6.07) is 5.73. The van der Waals surface area contributed by atoms with Crippen molar-refractivity contribution in [1.82, 2.24) is 5.32 Å². The molecule has 0 aliphatic heterocycles. The topological polar surface area (TPSA) is 38.3 Å². The van der Waals surface area contributed by atoms with Crippen LogP contribution in [0.15, 0.2) is 22.7 Å². The third-order valence-corrected chi connectivity index (χ3v) is 3.03. The molecule has 1 N–H and O–H groups in total. The molecule has 3 nitrogen and oxygen atoms in total. The van der Waals surface area contributed by atoms with Crippen molar-refractivity contribution in [2.45, 2.75) is 26.8 Å². The van der Waals surface area contributed by atoms with Gasteiger partial charge in [-0.25, -0.2) is 0 Å². The van der Waals surface area contributed by atoms with Crippen molar-refractivity contribution in [3.8, 4) is 0 Å². The van der Waals surface area contributed by atoms with Gasteiger partial charge in [-0.15, -0.1) is 0 Å². The van der Waals surface area contributed by atoms with Crippen LogP contribution in [-0.4, -0.2) is 25.5 Å². The van der Waals surface area contributed by atoms with Crippen LogP contribution in [0.5, 0.6) is 0 Å². The second-order valence-corrected chi connectivity index (χ2v) is 5.06. The van der Waals surface area contributed by atoms with Crippen molar-refractivity contribution in [2.24, 2.45) is 0 Å². The number of hydrogen-bond acceptors (Lipinski definition) is 3. The van der Waals surface area contributed by atoms with Gasteiger partial charge in [-0.1, -0.05) is 22.9 Å². The van der Waals surface area contributed by atoms with E-state index in [4.69, 9.17) is 4.74 Å². The summed E-state index contributed by atoms with van der Waals surface area (Å²) in [4.78, 5) is 11.5. The predicted molar refractivity (Wildman–Crippen MR) is 77.0 cm³/mol. The van der Waals surface area contributed by atoms with Crippen LogP contribution in [0, 0.1) is 0 Å². The van der Waals surface area contributed by atoms with Gasteiger partial charge in [0.05, 0.1) is 6.61 Å². The fourth-order valence-electron chi connectivity index (χ4n) is 1.67. The fourth-order valence-corrected chi connectivity index (χ4v) is 2.07. The summed E-state index contributed by atoms with van der Waals surface area (Å²) in [5.74, 6) is 0.0986. The van der Waals surface area contributed by atoms with Gasteiger partial charge in [0, 0.05) is 29.7 Å². The largest absolute Gasteiger partial charge is 0.380 e. The average molecular weight is 314 g/mol. The molecular formula is C14H20BrNO2. The van der Waals surface area contributed by atoms with E-state index in [0.717, 1.165) is 35.2 Å². The quantitative estimate of drug-likeness (QED) is 0.592. The molecule has 0 fully saturated rings. The monoisotopic (exact) mass is 313 g/mol. The molecule has 1 aromatic carbocycles. The lowest BCUT2D eigenvalue weighted by Gasteiger charge is -2.09. The van der Waals surface area contributed by atoms with Crippen molar-refractivity contribution in [2.75, 3.05) is 19.8 Å². The van der Waals surface area contributed by atoms with E-state index in [-0.39, 0.29) is 5.78 Å². The molecule has 0 saturated heterocycles. The van der Waals surface area contributed by atoms with E-state index in [1.807, 2.05) is 18.2 Å². The van der Waals surface area contributed by atoms with E-state index in [1.165, 1.54) is 0 Å². The van der Waals surface area contributed by atoms with Gasteiger partial charge < -0.3 is 10.1 Å². The maximum atomic E-state index is 11.5. The molecule has 1 rings (SSSR count). The van der Waals surface area contributed by atoms with Crippen LogP contribution in [0.1, 0.15) is 36.2 Å². The summed E-state index contributed by atoms with van der Waals surface area (Å²) in [7, 11) is 0. The third-order valence-electron chi connectivity index (χ3n) is 2.53. The van der Waals surface area contributed by atoms with Crippen molar-refractivity contribution < 1.29 is 9.53 Å². The predicted octanol–water partition coefficient (Wildman–Crippen LogP) is 3.17. The minimum absolute atomic E-state index is 0.0986. The maximum Gasteiger partial charge on any atom is 0.160 e. The van der Waals surface area contributed by atoms with Gasteiger partial charge in [-0.05, 0) is 37.1 Å². The van der Waals surface area contributed by atoms with Gasteiger partial charge in [0.15, 0.2) is 5.78 Å². The second kappa shape index (κ2) is 8.40.